The molecule has 0 aromatic heterocycles. The van der Waals surface area contributed by atoms with Crippen molar-refractivity contribution in [3.05, 3.63) is 28.5 Å². The third kappa shape index (κ3) is 4.01. The molecule has 0 N–H and O–H groups in total. The largest absolute Gasteiger partial charge is 0.465 e. The lowest BCUT2D eigenvalue weighted by atomic mass is 10.0. The average Bonchev–Trinajstić information content (AvgIpc) is 2.89. The Morgan fingerprint density at radius 3 is 2.69 bits per heavy atom. The minimum absolute atomic E-state index is 0.00950. The van der Waals surface area contributed by atoms with Gasteiger partial charge in [-0.2, -0.15) is 0 Å². The predicted molar refractivity (Wildman–Crippen MR) is 96.2 cm³/mol. The molecular formula is C16H19BrFNO6S. The summed E-state index contributed by atoms with van der Waals surface area (Å²) in [6.07, 6.45) is -0.927. The Bertz CT molecular complexity index is 830. The molecule has 2 rings (SSSR count). The van der Waals surface area contributed by atoms with Crippen molar-refractivity contribution in [2.75, 3.05) is 24.3 Å². The van der Waals surface area contributed by atoms with E-state index in [4.69, 9.17) is 9.47 Å². The highest BCUT2D eigenvalue weighted by Crippen LogP contribution is 2.31. The highest BCUT2D eigenvalue weighted by molar-refractivity contribution is 9.10. The number of cyclic esters (lactones) is 1. The molecule has 144 valence electrons. The predicted octanol–water partition coefficient (Wildman–Crippen LogP) is 2.67. The van der Waals surface area contributed by atoms with Crippen LogP contribution in [0.2, 0.25) is 0 Å². The summed E-state index contributed by atoms with van der Waals surface area (Å²) in [5.74, 6) is -1.45. The van der Waals surface area contributed by atoms with E-state index in [1.165, 1.54) is 24.0 Å². The van der Waals surface area contributed by atoms with Gasteiger partial charge in [0.25, 0.3) is 0 Å². The van der Waals surface area contributed by atoms with Crippen molar-refractivity contribution >= 4 is 43.5 Å². The smallest absolute Gasteiger partial charge is 0.414 e. The Hall–Kier alpha value is -1.68. The molecule has 1 aliphatic rings. The fourth-order valence-corrected chi connectivity index (χ4v) is 3.69. The second-order valence-corrected chi connectivity index (χ2v) is 9.44. The molecule has 1 saturated heterocycles. The molecule has 1 aromatic rings. The topological polar surface area (TPSA) is 90.0 Å². The van der Waals surface area contributed by atoms with E-state index in [0.29, 0.717) is 0 Å². The summed E-state index contributed by atoms with van der Waals surface area (Å²) in [6, 6.07) is 4.14. The lowest BCUT2D eigenvalue weighted by Crippen LogP contribution is -2.47. The van der Waals surface area contributed by atoms with Gasteiger partial charge in [-0.3, -0.25) is 9.69 Å². The SMILES string of the molecule is CCOC(=O)[C@@](C)(C[C@H]1CN(c2ccc(Br)c(F)c2)C(=O)O1)S(C)(=O)=O. The van der Waals surface area contributed by atoms with Gasteiger partial charge >= 0.3 is 12.1 Å². The lowest BCUT2D eigenvalue weighted by Gasteiger charge is -2.27. The summed E-state index contributed by atoms with van der Waals surface area (Å²) in [5, 5.41) is 0. The summed E-state index contributed by atoms with van der Waals surface area (Å²) in [4.78, 5) is 25.5. The van der Waals surface area contributed by atoms with Crippen molar-refractivity contribution in [2.24, 2.45) is 0 Å². The quantitative estimate of drug-likeness (QED) is 0.617. The zero-order chi connectivity index (χ0) is 19.7. The standard InChI is InChI=1S/C16H19BrFNO6S/c1-4-24-14(20)16(2,26(3,22)23)8-11-9-19(15(21)25-11)10-5-6-12(17)13(18)7-10/h5-7,11H,4,8-9H2,1-3H3/t11-,16+/m0/s1. The number of nitrogens with zero attached hydrogens (tertiary/aromatic N) is 1. The number of rotatable bonds is 6. The summed E-state index contributed by atoms with van der Waals surface area (Å²) >= 11 is 3.03. The molecule has 0 radical (unpaired) electrons. The van der Waals surface area contributed by atoms with Crippen molar-refractivity contribution in [1.29, 1.82) is 0 Å². The maximum Gasteiger partial charge on any atom is 0.414 e. The second kappa shape index (κ2) is 7.51. The van der Waals surface area contributed by atoms with Gasteiger partial charge in [-0.05, 0) is 48.0 Å². The van der Waals surface area contributed by atoms with Gasteiger partial charge in [-0.1, -0.05) is 0 Å². The molecule has 0 saturated carbocycles. The second-order valence-electron chi connectivity index (χ2n) is 6.14. The molecule has 0 unspecified atom stereocenters. The number of hydrogen-bond acceptors (Lipinski definition) is 6. The van der Waals surface area contributed by atoms with E-state index in [9.17, 15) is 22.4 Å². The van der Waals surface area contributed by atoms with Crippen molar-refractivity contribution < 1.29 is 31.9 Å². The number of amides is 1. The van der Waals surface area contributed by atoms with Gasteiger partial charge in [-0.25, -0.2) is 17.6 Å². The first kappa shape index (κ1) is 20.6. The van der Waals surface area contributed by atoms with E-state index in [1.54, 1.807) is 6.92 Å². The number of benzene rings is 1. The van der Waals surface area contributed by atoms with E-state index in [-0.39, 0.29) is 29.7 Å². The Kier molecular flexibility index (Phi) is 5.96. The minimum atomic E-state index is -3.84. The van der Waals surface area contributed by atoms with Gasteiger partial charge in [0, 0.05) is 12.7 Å². The summed E-state index contributed by atoms with van der Waals surface area (Å²) < 4.78 is 46.5. The number of ether oxygens (including phenoxy) is 2. The van der Waals surface area contributed by atoms with Crippen LogP contribution in [0, 0.1) is 5.82 Å². The van der Waals surface area contributed by atoms with Crippen LogP contribution in [0.1, 0.15) is 20.3 Å². The summed E-state index contributed by atoms with van der Waals surface area (Å²) in [7, 11) is -3.84. The average molecular weight is 452 g/mol. The van der Waals surface area contributed by atoms with Gasteiger partial charge in [-0.15, -0.1) is 0 Å². The molecule has 2 atom stereocenters. The summed E-state index contributed by atoms with van der Waals surface area (Å²) in [5.41, 5.74) is 0.274. The van der Waals surface area contributed by atoms with Crippen LogP contribution in [-0.4, -0.2) is 50.7 Å². The third-order valence-electron chi connectivity index (χ3n) is 4.23. The van der Waals surface area contributed by atoms with Crippen molar-refractivity contribution in [3.63, 3.8) is 0 Å². The van der Waals surface area contributed by atoms with Crippen LogP contribution in [0.5, 0.6) is 0 Å². The fraction of sp³-hybridized carbons (Fsp3) is 0.500. The molecule has 0 bridgehead atoms. The highest BCUT2D eigenvalue weighted by Gasteiger charge is 2.49. The zero-order valence-corrected chi connectivity index (χ0v) is 16.9. The van der Waals surface area contributed by atoms with E-state index < -0.39 is 38.6 Å². The molecule has 26 heavy (non-hydrogen) atoms. The van der Waals surface area contributed by atoms with E-state index in [1.807, 2.05) is 0 Å². The number of carbonyl (C=O) groups excluding carboxylic acids is 2. The molecule has 7 nitrogen and oxygen atoms in total. The maximum atomic E-state index is 13.7. The Morgan fingerprint density at radius 1 is 1.50 bits per heavy atom. The van der Waals surface area contributed by atoms with Crippen LogP contribution >= 0.6 is 15.9 Å². The minimum Gasteiger partial charge on any atom is -0.465 e. The zero-order valence-electron chi connectivity index (χ0n) is 14.5. The highest BCUT2D eigenvalue weighted by atomic mass is 79.9. The van der Waals surface area contributed by atoms with E-state index >= 15 is 0 Å². The van der Waals surface area contributed by atoms with Crippen LogP contribution in [0.3, 0.4) is 0 Å². The number of halogens is 2. The van der Waals surface area contributed by atoms with Gasteiger partial charge in [0.05, 0.1) is 23.3 Å². The van der Waals surface area contributed by atoms with E-state index in [0.717, 1.165) is 12.3 Å². The first-order valence-electron chi connectivity index (χ1n) is 7.79. The first-order chi connectivity index (χ1) is 12.0. The molecular weight excluding hydrogens is 433 g/mol. The number of esters is 1. The van der Waals surface area contributed by atoms with Crippen LogP contribution in [-0.2, 0) is 24.1 Å². The maximum absolute atomic E-state index is 13.7. The fourth-order valence-electron chi connectivity index (χ4n) is 2.60. The lowest BCUT2D eigenvalue weighted by molar-refractivity contribution is -0.146. The van der Waals surface area contributed by atoms with Crippen molar-refractivity contribution in [1.82, 2.24) is 0 Å². The molecule has 0 aliphatic carbocycles. The number of sulfone groups is 1. The molecule has 1 aliphatic heterocycles. The molecule has 10 heteroatoms. The molecule has 1 amide bonds. The van der Waals surface area contributed by atoms with Gasteiger partial charge in [0.2, 0.25) is 0 Å². The molecule has 1 heterocycles. The van der Waals surface area contributed by atoms with Crippen LogP contribution in [0.15, 0.2) is 22.7 Å². The van der Waals surface area contributed by atoms with Crippen LogP contribution in [0.4, 0.5) is 14.9 Å². The normalized spacial score (nSPS) is 19.8. The van der Waals surface area contributed by atoms with Crippen molar-refractivity contribution in [3.8, 4) is 0 Å². The first-order valence-corrected chi connectivity index (χ1v) is 10.5. The van der Waals surface area contributed by atoms with Gasteiger partial charge in [0.1, 0.15) is 11.9 Å². The number of carbonyl (C=O) groups is 2. The van der Waals surface area contributed by atoms with Gasteiger partial charge in [0.15, 0.2) is 14.6 Å². The number of anilines is 1. The third-order valence-corrected chi connectivity index (χ3v) is 6.84. The Morgan fingerprint density at radius 2 is 2.15 bits per heavy atom. The molecule has 1 aromatic carbocycles. The van der Waals surface area contributed by atoms with E-state index in [2.05, 4.69) is 15.9 Å². The number of hydrogen-bond donors (Lipinski definition) is 0. The van der Waals surface area contributed by atoms with Crippen LogP contribution in [0.25, 0.3) is 0 Å². The van der Waals surface area contributed by atoms with Crippen LogP contribution < -0.4 is 4.90 Å². The Labute approximate surface area is 159 Å². The van der Waals surface area contributed by atoms with Gasteiger partial charge < -0.3 is 9.47 Å². The van der Waals surface area contributed by atoms with Crippen molar-refractivity contribution in [2.45, 2.75) is 31.1 Å². The monoisotopic (exact) mass is 451 g/mol. The Balaban J connectivity index is 2.23. The summed E-state index contributed by atoms with van der Waals surface area (Å²) in [6.45, 7) is 2.83. The molecule has 1 fully saturated rings. The molecule has 0 spiro atoms.